The number of fused-ring (bicyclic) bond motifs is 1. The van der Waals surface area contributed by atoms with Gasteiger partial charge in [-0.2, -0.15) is 0 Å². The number of likely N-dealkylation sites (tertiary alicyclic amines) is 1. The summed E-state index contributed by atoms with van der Waals surface area (Å²) >= 11 is 0. The summed E-state index contributed by atoms with van der Waals surface area (Å²) in [5, 5.41) is 20.9. The van der Waals surface area contributed by atoms with Crippen LogP contribution in [0.5, 0.6) is 0 Å². The molecule has 3 rings (SSSR count). The molecule has 31 heavy (non-hydrogen) atoms. The Morgan fingerprint density at radius 2 is 2.03 bits per heavy atom. The van der Waals surface area contributed by atoms with Crippen molar-refractivity contribution in [3.8, 4) is 11.8 Å². The predicted molar refractivity (Wildman–Crippen MR) is 125 cm³/mol. The van der Waals surface area contributed by atoms with Crippen molar-refractivity contribution in [3.05, 3.63) is 23.8 Å². The molecule has 3 aliphatic rings. The summed E-state index contributed by atoms with van der Waals surface area (Å²) in [6.45, 7) is 5.72. The summed E-state index contributed by atoms with van der Waals surface area (Å²) in [5.41, 5.74) is 1.50. The highest BCUT2D eigenvalue weighted by Gasteiger charge is 2.45. The smallest absolute Gasteiger partial charge is 0.222 e. The number of nitrogens with zero attached hydrogens (tertiary/aromatic N) is 1. The van der Waals surface area contributed by atoms with Gasteiger partial charge in [0, 0.05) is 31.8 Å². The maximum atomic E-state index is 12.3. The first-order chi connectivity index (χ1) is 15.0. The summed E-state index contributed by atoms with van der Waals surface area (Å²) in [4.78, 5) is 14.3. The van der Waals surface area contributed by atoms with Crippen LogP contribution in [0, 0.1) is 35.5 Å². The minimum Gasteiger partial charge on any atom is -0.392 e. The topological polar surface area (TPSA) is 60.8 Å². The normalized spacial score (nSPS) is 31.5. The van der Waals surface area contributed by atoms with E-state index < -0.39 is 6.10 Å². The number of hydrogen-bond donors (Lipinski definition) is 2. The minimum absolute atomic E-state index is 0.102. The zero-order chi connectivity index (χ0) is 22.2. The van der Waals surface area contributed by atoms with Crippen LogP contribution in [0.15, 0.2) is 23.8 Å². The van der Waals surface area contributed by atoms with Crippen molar-refractivity contribution >= 4 is 5.91 Å². The lowest BCUT2D eigenvalue weighted by Crippen LogP contribution is -2.35. The molecule has 2 saturated carbocycles. The SMILES string of the molecule is CC#CC[C@@H](C)[C@H](O)/C=C/[C@@H]1[C@H]2C/C(=C/CCCC(=O)N3CCCCC3)C[C@H]2C[C@H]1O. The lowest BCUT2D eigenvalue weighted by molar-refractivity contribution is -0.132. The van der Waals surface area contributed by atoms with Crippen LogP contribution in [-0.2, 0) is 4.79 Å². The van der Waals surface area contributed by atoms with E-state index in [0.717, 1.165) is 58.0 Å². The largest absolute Gasteiger partial charge is 0.392 e. The molecule has 4 heteroatoms. The van der Waals surface area contributed by atoms with E-state index in [4.69, 9.17) is 0 Å². The third-order valence-corrected chi connectivity index (χ3v) is 7.56. The Morgan fingerprint density at radius 1 is 1.26 bits per heavy atom. The number of amides is 1. The van der Waals surface area contributed by atoms with Gasteiger partial charge >= 0.3 is 0 Å². The van der Waals surface area contributed by atoms with Gasteiger partial charge in [0.1, 0.15) is 0 Å². The molecule has 0 unspecified atom stereocenters. The highest BCUT2D eigenvalue weighted by Crippen LogP contribution is 2.50. The molecule has 6 atom stereocenters. The summed E-state index contributed by atoms with van der Waals surface area (Å²) in [6, 6.07) is 0. The van der Waals surface area contributed by atoms with Crippen molar-refractivity contribution in [2.24, 2.45) is 23.7 Å². The van der Waals surface area contributed by atoms with Crippen LogP contribution in [0.1, 0.15) is 78.1 Å². The molecule has 2 aliphatic carbocycles. The summed E-state index contributed by atoms with van der Waals surface area (Å²) in [7, 11) is 0. The van der Waals surface area contributed by atoms with Crippen molar-refractivity contribution in [1.29, 1.82) is 0 Å². The Balaban J connectivity index is 1.45. The summed E-state index contributed by atoms with van der Waals surface area (Å²) in [6.07, 6.45) is 15.3. The fraction of sp³-hybridized carbons (Fsp3) is 0.741. The zero-order valence-electron chi connectivity index (χ0n) is 19.4. The lowest BCUT2D eigenvalue weighted by Gasteiger charge is -2.26. The Morgan fingerprint density at radius 3 is 2.77 bits per heavy atom. The van der Waals surface area contributed by atoms with E-state index in [9.17, 15) is 15.0 Å². The molecule has 1 aliphatic heterocycles. The second kappa shape index (κ2) is 11.9. The van der Waals surface area contributed by atoms with E-state index in [2.05, 4.69) is 24.0 Å². The lowest BCUT2D eigenvalue weighted by atomic mass is 9.89. The number of piperidine rings is 1. The maximum absolute atomic E-state index is 12.3. The third kappa shape index (κ3) is 6.70. The molecule has 0 spiro atoms. The average Bonchev–Trinajstić information content (AvgIpc) is 3.30. The molecule has 172 valence electrons. The fourth-order valence-corrected chi connectivity index (χ4v) is 5.62. The zero-order valence-corrected chi connectivity index (χ0v) is 19.4. The molecule has 0 aromatic rings. The van der Waals surface area contributed by atoms with Crippen molar-refractivity contribution in [2.45, 2.75) is 90.3 Å². The monoisotopic (exact) mass is 427 g/mol. The van der Waals surface area contributed by atoms with Gasteiger partial charge in [0.2, 0.25) is 5.91 Å². The Labute approximate surface area is 188 Å². The van der Waals surface area contributed by atoms with Crippen LogP contribution in [-0.4, -0.2) is 46.3 Å². The van der Waals surface area contributed by atoms with Crippen LogP contribution < -0.4 is 0 Å². The quantitative estimate of drug-likeness (QED) is 0.341. The number of aliphatic hydroxyl groups excluding tert-OH is 2. The van der Waals surface area contributed by atoms with Gasteiger partial charge in [-0.25, -0.2) is 0 Å². The molecular weight excluding hydrogens is 386 g/mol. The number of aliphatic hydroxyl groups is 2. The number of unbranched alkanes of at least 4 members (excludes halogenated alkanes) is 1. The third-order valence-electron chi connectivity index (χ3n) is 7.56. The van der Waals surface area contributed by atoms with Crippen LogP contribution in [0.4, 0.5) is 0 Å². The van der Waals surface area contributed by atoms with E-state index in [1.165, 1.54) is 12.0 Å². The predicted octanol–water partition coefficient (Wildman–Crippen LogP) is 4.47. The molecule has 2 N–H and O–H groups in total. The van der Waals surface area contributed by atoms with Crippen molar-refractivity contribution < 1.29 is 15.0 Å². The highest BCUT2D eigenvalue weighted by molar-refractivity contribution is 5.76. The van der Waals surface area contributed by atoms with E-state index >= 15 is 0 Å². The van der Waals surface area contributed by atoms with Crippen LogP contribution in [0.25, 0.3) is 0 Å². The van der Waals surface area contributed by atoms with Crippen molar-refractivity contribution in [3.63, 3.8) is 0 Å². The second-order valence-corrected chi connectivity index (χ2v) is 9.89. The van der Waals surface area contributed by atoms with Crippen molar-refractivity contribution in [2.75, 3.05) is 13.1 Å². The van der Waals surface area contributed by atoms with Gasteiger partial charge in [0.15, 0.2) is 0 Å². The molecule has 1 amide bonds. The van der Waals surface area contributed by atoms with E-state index in [1.54, 1.807) is 0 Å². The van der Waals surface area contributed by atoms with E-state index in [-0.39, 0.29) is 17.9 Å². The Kier molecular flexibility index (Phi) is 9.23. The first-order valence-corrected chi connectivity index (χ1v) is 12.4. The van der Waals surface area contributed by atoms with Gasteiger partial charge in [-0.05, 0) is 76.0 Å². The summed E-state index contributed by atoms with van der Waals surface area (Å²) in [5.74, 6) is 7.51. The highest BCUT2D eigenvalue weighted by atomic mass is 16.3. The molecule has 4 nitrogen and oxygen atoms in total. The Bertz CT molecular complexity index is 710. The van der Waals surface area contributed by atoms with Crippen LogP contribution in [0.3, 0.4) is 0 Å². The molecule has 1 heterocycles. The first-order valence-electron chi connectivity index (χ1n) is 12.4. The number of hydrogen-bond acceptors (Lipinski definition) is 3. The van der Waals surface area contributed by atoms with Gasteiger partial charge in [-0.3, -0.25) is 4.79 Å². The molecule has 1 saturated heterocycles. The summed E-state index contributed by atoms with van der Waals surface area (Å²) < 4.78 is 0. The number of carbonyl (C=O) groups excluding carboxylic acids is 1. The first kappa shape index (κ1) is 24.1. The van der Waals surface area contributed by atoms with Crippen LogP contribution in [0.2, 0.25) is 0 Å². The Hall–Kier alpha value is -1.57. The number of rotatable bonds is 8. The second-order valence-electron chi connectivity index (χ2n) is 9.89. The molecule has 0 bridgehead atoms. The van der Waals surface area contributed by atoms with Gasteiger partial charge in [-0.15, -0.1) is 11.8 Å². The molecule has 0 aromatic heterocycles. The van der Waals surface area contributed by atoms with Crippen molar-refractivity contribution in [1.82, 2.24) is 4.90 Å². The molecule has 0 aromatic carbocycles. The van der Waals surface area contributed by atoms with E-state index in [0.29, 0.717) is 30.6 Å². The van der Waals surface area contributed by atoms with Crippen LogP contribution >= 0.6 is 0 Å². The van der Waals surface area contributed by atoms with E-state index in [1.807, 2.05) is 24.8 Å². The molecular formula is C27H41NO3. The standard InChI is InChI=1S/C27H41NO3/c1-3-4-10-20(2)25(29)14-13-23-24-18-21(17-22(24)19-26(23)30)11-6-7-12-27(31)28-15-8-5-9-16-28/h11,13-14,20,22-26,29-30H,5-10,12,15-19H2,1-2H3/b14-13+,21-11+/t20-,22+,23-,24+,25-,26-/m1/s1. The number of allylic oxidation sites excluding steroid dienone is 2. The minimum atomic E-state index is -0.513. The molecule has 0 radical (unpaired) electrons. The average molecular weight is 428 g/mol. The number of carbonyl (C=O) groups is 1. The fourth-order valence-electron chi connectivity index (χ4n) is 5.62. The van der Waals surface area contributed by atoms with Gasteiger partial charge in [0.25, 0.3) is 0 Å². The van der Waals surface area contributed by atoms with Gasteiger partial charge in [0.05, 0.1) is 12.2 Å². The maximum Gasteiger partial charge on any atom is 0.222 e. The molecule has 3 fully saturated rings. The van der Waals surface area contributed by atoms with Gasteiger partial charge in [-0.1, -0.05) is 30.7 Å². The van der Waals surface area contributed by atoms with Gasteiger partial charge < -0.3 is 15.1 Å².